The van der Waals surface area contributed by atoms with Gasteiger partial charge in [0.25, 0.3) is 5.91 Å². The van der Waals surface area contributed by atoms with Crippen LogP contribution in [0.25, 0.3) is 0 Å². The molecule has 1 aromatic rings. The first kappa shape index (κ1) is 13.6. The Morgan fingerprint density at radius 1 is 1.50 bits per heavy atom. The van der Waals surface area contributed by atoms with Gasteiger partial charge >= 0.3 is 5.97 Å². The fraction of sp³-hybridized carbons (Fsp3) is 0.571. The third-order valence-corrected chi connectivity index (χ3v) is 5.36. The van der Waals surface area contributed by atoms with Crippen LogP contribution in [0.1, 0.15) is 21.0 Å². The molecule has 1 aromatic heterocycles. The first-order valence-corrected chi connectivity index (χ1v) is 7.51. The standard InChI is InChI=1S/C14H17NO4S/c1-9-2-3-11(20-9)12(16)15-6-10-7-19-5-4-14(10,8-15)13(17)18/h2-3,10H,4-8H2,1H3,(H,17,18)/t10-,14+/m0/s1. The summed E-state index contributed by atoms with van der Waals surface area (Å²) in [7, 11) is 0. The van der Waals surface area contributed by atoms with Crippen LogP contribution in [-0.4, -0.2) is 48.2 Å². The number of likely N-dealkylation sites (tertiary alicyclic amines) is 1. The van der Waals surface area contributed by atoms with E-state index < -0.39 is 11.4 Å². The van der Waals surface area contributed by atoms with Crippen LogP contribution in [0.15, 0.2) is 12.1 Å². The van der Waals surface area contributed by atoms with Crippen molar-refractivity contribution >= 4 is 23.2 Å². The number of hydrogen-bond donors (Lipinski definition) is 1. The summed E-state index contributed by atoms with van der Waals surface area (Å²) in [5, 5.41) is 9.58. The van der Waals surface area contributed by atoms with E-state index in [9.17, 15) is 14.7 Å². The molecular weight excluding hydrogens is 278 g/mol. The number of amides is 1. The summed E-state index contributed by atoms with van der Waals surface area (Å²) in [6, 6.07) is 3.73. The minimum atomic E-state index is -0.819. The molecular formula is C14H17NO4S. The van der Waals surface area contributed by atoms with E-state index in [1.165, 1.54) is 11.3 Å². The number of ether oxygens (including phenoxy) is 1. The monoisotopic (exact) mass is 295 g/mol. The topological polar surface area (TPSA) is 66.8 Å². The van der Waals surface area contributed by atoms with Crippen LogP contribution in [0.4, 0.5) is 0 Å². The van der Waals surface area contributed by atoms with Crippen LogP contribution in [-0.2, 0) is 9.53 Å². The molecule has 0 spiro atoms. The Kier molecular flexibility index (Phi) is 3.30. The summed E-state index contributed by atoms with van der Waals surface area (Å²) in [6.07, 6.45) is 0.486. The van der Waals surface area contributed by atoms with Gasteiger partial charge < -0.3 is 14.7 Å². The van der Waals surface area contributed by atoms with Gasteiger partial charge in [-0.05, 0) is 25.5 Å². The first-order valence-electron chi connectivity index (χ1n) is 6.70. The second-order valence-corrected chi connectivity index (χ2v) is 6.87. The lowest BCUT2D eigenvalue weighted by atomic mass is 9.74. The number of nitrogens with zero attached hydrogens (tertiary/aromatic N) is 1. The summed E-state index contributed by atoms with van der Waals surface area (Å²) in [5.74, 6) is -0.958. The number of thiophene rings is 1. The van der Waals surface area contributed by atoms with E-state index in [-0.39, 0.29) is 11.8 Å². The molecule has 5 nitrogen and oxygen atoms in total. The molecule has 6 heteroatoms. The van der Waals surface area contributed by atoms with Gasteiger partial charge in [-0.25, -0.2) is 0 Å². The molecule has 2 atom stereocenters. The number of hydrogen-bond acceptors (Lipinski definition) is 4. The molecule has 0 aliphatic carbocycles. The van der Waals surface area contributed by atoms with Gasteiger partial charge in [0.2, 0.25) is 0 Å². The second-order valence-electron chi connectivity index (χ2n) is 5.58. The van der Waals surface area contributed by atoms with Gasteiger partial charge in [0.15, 0.2) is 0 Å². The average Bonchev–Trinajstić information content (AvgIpc) is 3.02. The van der Waals surface area contributed by atoms with Gasteiger partial charge in [-0.1, -0.05) is 0 Å². The highest BCUT2D eigenvalue weighted by Gasteiger charge is 2.55. The quantitative estimate of drug-likeness (QED) is 0.900. The number of carbonyl (C=O) groups is 2. The van der Waals surface area contributed by atoms with Crippen molar-refractivity contribution in [2.75, 3.05) is 26.3 Å². The van der Waals surface area contributed by atoms with Crippen molar-refractivity contribution in [1.29, 1.82) is 0 Å². The van der Waals surface area contributed by atoms with Gasteiger partial charge in [-0.15, -0.1) is 11.3 Å². The predicted octanol–water partition coefficient (Wildman–Crippen LogP) is 1.62. The molecule has 3 heterocycles. The van der Waals surface area contributed by atoms with Gasteiger partial charge in [-0.2, -0.15) is 0 Å². The van der Waals surface area contributed by atoms with Gasteiger partial charge in [-0.3, -0.25) is 9.59 Å². The van der Waals surface area contributed by atoms with Crippen molar-refractivity contribution in [3.63, 3.8) is 0 Å². The molecule has 108 valence electrons. The predicted molar refractivity (Wildman–Crippen MR) is 74.0 cm³/mol. The van der Waals surface area contributed by atoms with Crippen molar-refractivity contribution in [3.8, 4) is 0 Å². The maximum atomic E-state index is 12.5. The number of rotatable bonds is 2. The lowest BCUT2D eigenvalue weighted by Crippen LogP contribution is -2.45. The molecule has 0 saturated carbocycles. The maximum absolute atomic E-state index is 12.5. The molecule has 2 aliphatic rings. The zero-order chi connectivity index (χ0) is 14.3. The zero-order valence-corrected chi connectivity index (χ0v) is 12.1. The van der Waals surface area contributed by atoms with E-state index in [1.807, 2.05) is 19.1 Å². The van der Waals surface area contributed by atoms with Crippen LogP contribution in [0.3, 0.4) is 0 Å². The Morgan fingerprint density at radius 3 is 2.90 bits per heavy atom. The van der Waals surface area contributed by atoms with Crippen LogP contribution >= 0.6 is 11.3 Å². The molecule has 0 bridgehead atoms. The van der Waals surface area contributed by atoms with Crippen molar-refractivity contribution in [2.45, 2.75) is 13.3 Å². The van der Waals surface area contributed by atoms with Crippen LogP contribution in [0.5, 0.6) is 0 Å². The van der Waals surface area contributed by atoms with E-state index in [0.717, 1.165) is 4.88 Å². The van der Waals surface area contributed by atoms with Crippen LogP contribution in [0, 0.1) is 18.3 Å². The largest absolute Gasteiger partial charge is 0.481 e. The van der Waals surface area contributed by atoms with Crippen molar-refractivity contribution in [1.82, 2.24) is 4.90 Å². The summed E-state index contributed by atoms with van der Waals surface area (Å²) in [5.41, 5.74) is -0.819. The Hall–Kier alpha value is -1.40. The number of carbonyl (C=O) groups excluding carboxylic acids is 1. The Balaban J connectivity index is 1.84. The molecule has 20 heavy (non-hydrogen) atoms. The van der Waals surface area contributed by atoms with Crippen LogP contribution < -0.4 is 0 Å². The lowest BCUT2D eigenvalue weighted by molar-refractivity contribution is -0.157. The number of carboxylic acids is 1. The second kappa shape index (κ2) is 4.86. The van der Waals surface area contributed by atoms with Crippen molar-refractivity contribution in [3.05, 3.63) is 21.9 Å². The molecule has 2 saturated heterocycles. The lowest BCUT2D eigenvalue weighted by Gasteiger charge is -2.33. The maximum Gasteiger partial charge on any atom is 0.311 e. The average molecular weight is 295 g/mol. The number of aliphatic carboxylic acids is 1. The normalized spacial score (nSPS) is 29.2. The van der Waals surface area contributed by atoms with Gasteiger partial charge in [0.05, 0.1) is 16.9 Å². The molecule has 1 N–H and O–H groups in total. The number of carboxylic acid groups (broad SMARTS) is 1. The molecule has 0 aromatic carbocycles. The molecule has 1 amide bonds. The van der Waals surface area contributed by atoms with Crippen molar-refractivity contribution < 1.29 is 19.4 Å². The highest BCUT2D eigenvalue weighted by Crippen LogP contribution is 2.43. The Morgan fingerprint density at radius 2 is 2.30 bits per heavy atom. The van der Waals surface area contributed by atoms with E-state index in [0.29, 0.717) is 37.6 Å². The smallest absolute Gasteiger partial charge is 0.311 e. The van der Waals surface area contributed by atoms with Crippen LogP contribution in [0.2, 0.25) is 0 Å². The fourth-order valence-corrected chi connectivity index (χ4v) is 3.99. The molecule has 2 fully saturated rings. The molecule has 0 unspecified atom stereocenters. The highest BCUT2D eigenvalue weighted by atomic mass is 32.1. The Labute approximate surface area is 121 Å². The van der Waals surface area contributed by atoms with Gasteiger partial charge in [0, 0.05) is 30.5 Å². The number of fused-ring (bicyclic) bond motifs is 1. The minimum Gasteiger partial charge on any atom is -0.481 e. The van der Waals surface area contributed by atoms with E-state index in [2.05, 4.69) is 0 Å². The fourth-order valence-electron chi connectivity index (χ4n) is 3.16. The third kappa shape index (κ3) is 2.03. The third-order valence-electron chi connectivity index (χ3n) is 4.37. The van der Waals surface area contributed by atoms with Gasteiger partial charge in [0.1, 0.15) is 0 Å². The summed E-state index contributed by atoms with van der Waals surface area (Å²) in [6.45, 7) is 3.62. The first-order chi connectivity index (χ1) is 9.53. The molecule has 3 rings (SSSR count). The van der Waals surface area contributed by atoms with E-state index in [1.54, 1.807) is 4.90 Å². The zero-order valence-electron chi connectivity index (χ0n) is 11.3. The minimum absolute atomic E-state index is 0.0573. The molecule has 0 radical (unpaired) electrons. The van der Waals surface area contributed by atoms with E-state index in [4.69, 9.17) is 4.74 Å². The van der Waals surface area contributed by atoms with E-state index >= 15 is 0 Å². The Bertz CT molecular complexity index is 555. The summed E-state index contributed by atoms with van der Waals surface area (Å²) >= 11 is 1.45. The summed E-state index contributed by atoms with van der Waals surface area (Å²) < 4.78 is 5.40. The highest BCUT2D eigenvalue weighted by molar-refractivity contribution is 7.13. The SMILES string of the molecule is Cc1ccc(C(=O)N2C[C@H]3COCC[C@@]3(C(=O)O)C2)s1. The molecule has 2 aliphatic heterocycles. The van der Waals surface area contributed by atoms with Crippen molar-refractivity contribution in [2.24, 2.45) is 11.3 Å². The summed E-state index contributed by atoms with van der Waals surface area (Å²) in [4.78, 5) is 27.6. The number of aryl methyl sites for hydroxylation is 1.